The quantitative estimate of drug-likeness (QED) is 0.151. The smallest absolute Gasteiger partial charge is 0.107 e. The van der Waals surface area contributed by atoms with Gasteiger partial charge in [0, 0.05) is 10.9 Å². The lowest BCUT2D eigenvalue weighted by Gasteiger charge is -2.12. The van der Waals surface area contributed by atoms with Crippen LogP contribution >= 0.6 is 0 Å². The van der Waals surface area contributed by atoms with E-state index in [0.29, 0.717) is 0 Å². The lowest BCUT2D eigenvalue weighted by molar-refractivity contribution is 1.19. The minimum atomic E-state index is 0.750. The van der Waals surface area contributed by atoms with Crippen LogP contribution in [0.2, 0.25) is 0 Å². The van der Waals surface area contributed by atoms with Gasteiger partial charge in [-0.1, -0.05) is 128 Å². The first-order valence-corrected chi connectivity index (χ1v) is 15.1. The number of rotatable bonds is 5. The summed E-state index contributed by atoms with van der Waals surface area (Å²) in [5.74, 6) is 0. The first kappa shape index (κ1) is 26.7. The number of benzene rings is 6. The van der Waals surface area contributed by atoms with Crippen molar-refractivity contribution in [1.29, 1.82) is 0 Å². The van der Waals surface area contributed by atoms with Gasteiger partial charge in [-0.15, -0.1) is 0 Å². The second-order valence-corrected chi connectivity index (χ2v) is 11.4. The van der Waals surface area contributed by atoms with Crippen LogP contribution in [0, 0.1) is 6.92 Å². The Hall–Kier alpha value is -5.93. The molecule has 0 aliphatic rings. The van der Waals surface area contributed by atoms with Crippen LogP contribution in [-0.4, -0.2) is 15.0 Å². The largest absolute Gasteiger partial charge is 0.252 e. The first-order valence-electron chi connectivity index (χ1n) is 15.1. The second kappa shape index (κ2) is 11.0. The van der Waals surface area contributed by atoms with Crippen molar-refractivity contribution in [1.82, 2.24) is 15.0 Å². The molecule has 0 spiro atoms. The van der Waals surface area contributed by atoms with Gasteiger partial charge in [0.05, 0.1) is 29.3 Å². The Morgan fingerprint density at radius 3 is 1.78 bits per heavy atom. The SMILES string of the molecule is C=C/C=C\c1ccc2ccc(-c3cnc(-c4ccc(-c5ccc6c7ccccc7c7ccccc7c6c5)cc4)cn3)nc2c1C. The van der Waals surface area contributed by atoms with Crippen LogP contribution in [0.25, 0.3) is 83.1 Å². The van der Waals surface area contributed by atoms with Crippen molar-refractivity contribution in [2.45, 2.75) is 6.92 Å². The van der Waals surface area contributed by atoms with Gasteiger partial charge in [-0.3, -0.25) is 9.97 Å². The molecule has 45 heavy (non-hydrogen) atoms. The van der Waals surface area contributed by atoms with Crippen LogP contribution < -0.4 is 0 Å². The summed E-state index contributed by atoms with van der Waals surface area (Å²) in [6, 6.07) is 41.1. The van der Waals surface area contributed by atoms with Gasteiger partial charge in [0.1, 0.15) is 5.69 Å². The highest BCUT2D eigenvalue weighted by Gasteiger charge is 2.11. The second-order valence-electron chi connectivity index (χ2n) is 11.4. The van der Waals surface area contributed by atoms with Crippen molar-refractivity contribution in [2.75, 3.05) is 0 Å². The van der Waals surface area contributed by atoms with Gasteiger partial charge in [0.25, 0.3) is 0 Å². The summed E-state index contributed by atoms with van der Waals surface area (Å²) in [4.78, 5) is 14.5. The molecule has 0 saturated carbocycles. The Morgan fingerprint density at radius 2 is 1.11 bits per heavy atom. The molecule has 6 aromatic carbocycles. The van der Waals surface area contributed by atoms with E-state index in [4.69, 9.17) is 15.0 Å². The summed E-state index contributed by atoms with van der Waals surface area (Å²) >= 11 is 0. The molecule has 0 radical (unpaired) electrons. The van der Waals surface area contributed by atoms with E-state index in [1.165, 1.54) is 43.4 Å². The van der Waals surface area contributed by atoms with Gasteiger partial charge in [0.2, 0.25) is 0 Å². The summed E-state index contributed by atoms with van der Waals surface area (Å²) in [5, 5.41) is 8.80. The minimum absolute atomic E-state index is 0.750. The fourth-order valence-electron chi connectivity index (χ4n) is 6.37. The number of pyridine rings is 1. The number of nitrogens with zero attached hydrogens (tertiary/aromatic N) is 3. The van der Waals surface area contributed by atoms with Gasteiger partial charge in [-0.25, -0.2) is 4.98 Å². The lowest BCUT2D eigenvalue weighted by atomic mass is 9.92. The normalized spacial score (nSPS) is 11.7. The highest BCUT2D eigenvalue weighted by atomic mass is 14.8. The molecule has 3 heteroatoms. The average Bonchev–Trinajstić information content (AvgIpc) is 3.11. The molecule has 212 valence electrons. The van der Waals surface area contributed by atoms with E-state index < -0.39 is 0 Å². The monoisotopic (exact) mass is 575 g/mol. The molecule has 2 heterocycles. The maximum atomic E-state index is 4.96. The molecule has 0 bridgehead atoms. The van der Waals surface area contributed by atoms with Gasteiger partial charge in [-0.05, 0) is 73.6 Å². The number of hydrogen-bond acceptors (Lipinski definition) is 3. The Kier molecular flexibility index (Phi) is 6.50. The molecule has 0 aliphatic heterocycles. The van der Waals surface area contributed by atoms with Crippen molar-refractivity contribution in [3.63, 3.8) is 0 Å². The van der Waals surface area contributed by atoms with Gasteiger partial charge >= 0.3 is 0 Å². The molecule has 3 nitrogen and oxygen atoms in total. The van der Waals surface area contributed by atoms with Crippen LogP contribution in [-0.2, 0) is 0 Å². The summed E-state index contributed by atoms with van der Waals surface area (Å²) in [6.07, 6.45) is 9.43. The molecule has 0 aliphatic carbocycles. The van der Waals surface area contributed by atoms with Gasteiger partial charge in [-0.2, -0.15) is 0 Å². The Labute approximate surface area is 261 Å². The topological polar surface area (TPSA) is 38.7 Å². The lowest BCUT2D eigenvalue weighted by Crippen LogP contribution is -1.94. The number of hydrogen-bond donors (Lipinski definition) is 0. The first-order chi connectivity index (χ1) is 22.2. The van der Waals surface area contributed by atoms with Crippen molar-refractivity contribution in [3.05, 3.63) is 158 Å². The maximum Gasteiger partial charge on any atom is 0.107 e. The van der Waals surface area contributed by atoms with Crippen molar-refractivity contribution < 1.29 is 0 Å². The molecule has 0 saturated heterocycles. The van der Waals surface area contributed by atoms with Gasteiger partial charge in [0.15, 0.2) is 0 Å². The summed E-state index contributed by atoms with van der Waals surface area (Å²) in [6.45, 7) is 5.88. The van der Waals surface area contributed by atoms with Crippen LogP contribution in [0.4, 0.5) is 0 Å². The molecule has 0 fully saturated rings. The van der Waals surface area contributed by atoms with E-state index in [0.717, 1.165) is 44.7 Å². The summed E-state index contributed by atoms with van der Waals surface area (Å²) in [7, 11) is 0. The molecular weight excluding hydrogens is 546 g/mol. The standard InChI is InChI=1S/C42H29N3/c1-3-4-9-28-14-19-31-21-23-39(45-42(31)27(28)2)41-26-43-40(25-44-41)30-17-15-29(16-18-30)32-20-22-37-35-12-6-5-10-33(35)34-11-7-8-13-36(34)38(37)24-32/h3-26H,1H2,2H3/b9-4-. The highest BCUT2D eigenvalue weighted by Crippen LogP contribution is 2.37. The van der Waals surface area contributed by atoms with Crippen molar-refractivity contribution in [3.8, 4) is 33.8 Å². The van der Waals surface area contributed by atoms with Crippen LogP contribution in [0.5, 0.6) is 0 Å². The summed E-state index contributed by atoms with van der Waals surface area (Å²) < 4.78 is 0. The molecule has 0 atom stereocenters. The Balaban J connectivity index is 1.11. The predicted molar refractivity (Wildman–Crippen MR) is 190 cm³/mol. The van der Waals surface area contributed by atoms with E-state index in [1.807, 2.05) is 24.5 Å². The number of fused-ring (bicyclic) bond motifs is 7. The molecular formula is C42H29N3. The third-order valence-corrected chi connectivity index (χ3v) is 8.74. The average molecular weight is 576 g/mol. The van der Waals surface area contributed by atoms with Crippen LogP contribution in [0.1, 0.15) is 11.1 Å². The Morgan fingerprint density at radius 1 is 0.533 bits per heavy atom. The number of aromatic nitrogens is 3. The predicted octanol–water partition coefficient (Wildman–Crippen LogP) is 11.0. The van der Waals surface area contributed by atoms with Crippen LogP contribution in [0.15, 0.2) is 146 Å². The zero-order chi connectivity index (χ0) is 30.3. The van der Waals surface area contributed by atoms with Crippen LogP contribution in [0.3, 0.4) is 0 Å². The summed E-state index contributed by atoms with van der Waals surface area (Å²) in [5.41, 5.74) is 8.99. The maximum absolute atomic E-state index is 4.96. The fourth-order valence-corrected chi connectivity index (χ4v) is 6.37. The molecule has 0 amide bonds. The van der Waals surface area contributed by atoms with E-state index in [9.17, 15) is 0 Å². The Bertz CT molecular complexity index is 2400. The number of allylic oxidation sites excluding steroid dienone is 2. The molecule has 0 unspecified atom stereocenters. The van der Waals surface area contributed by atoms with Crippen molar-refractivity contribution in [2.24, 2.45) is 0 Å². The number of aryl methyl sites for hydroxylation is 1. The molecule has 0 N–H and O–H groups in total. The zero-order valence-electron chi connectivity index (χ0n) is 24.9. The zero-order valence-corrected chi connectivity index (χ0v) is 24.9. The highest BCUT2D eigenvalue weighted by molar-refractivity contribution is 6.25. The van der Waals surface area contributed by atoms with E-state index in [2.05, 4.69) is 129 Å². The molecule has 2 aromatic heterocycles. The fraction of sp³-hybridized carbons (Fsp3) is 0.0238. The minimum Gasteiger partial charge on any atom is -0.252 e. The third kappa shape index (κ3) is 4.66. The van der Waals surface area contributed by atoms with E-state index in [-0.39, 0.29) is 0 Å². The molecule has 8 aromatic rings. The third-order valence-electron chi connectivity index (χ3n) is 8.74. The van der Waals surface area contributed by atoms with Crippen molar-refractivity contribution >= 4 is 49.3 Å². The molecule has 8 rings (SSSR count). The van der Waals surface area contributed by atoms with E-state index in [1.54, 1.807) is 6.08 Å². The van der Waals surface area contributed by atoms with E-state index >= 15 is 0 Å². The van der Waals surface area contributed by atoms with Gasteiger partial charge < -0.3 is 0 Å².